The van der Waals surface area contributed by atoms with Crippen molar-refractivity contribution >= 4 is 11.6 Å². The summed E-state index contributed by atoms with van der Waals surface area (Å²) in [6, 6.07) is 17.6. The first-order valence-electron chi connectivity index (χ1n) is 11.3. The van der Waals surface area contributed by atoms with Crippen molar-refractivity contribution in [1.82, 2.24) is 0 Å². The number of carbonyl (C=O) groups is 1. The lowest BCUT2D eigenvalue weighted by atomic mass is 9.83. The van der Waals surface area contributed by atoms with Gasteiger partial charge in [-0.2, -0.15) is 0 Å². The van der Waals surface area contributed by atoms with Gasteiger partial charge in [-0.05, 0) is 91.6 Å². The van der Waals surface area contributed by atoms with Crippen LogP contribution in [-0.4, -0.2) is 11.0 Å². The number of nitrogens with one attached hydrogen (secondary N) is 1. The smallest absolute Gasteiger partial charge is 0.227 e. The number of benzene rings is 3. The second kappa shape index (κ2) is 9.07. The SMILES string of the molecule is Cc1cc(NC(=O)C2CCc3ccccc3C2)cc(C)c1Oc1ccc(O)c(C(C)C)c1. The van der Waals surface area contributed by atoms with E-state index >= 15 is 0 Å². The molecule has 0 spiro atoms. The number of anilines is 1. The Morgan fingerprint density at radius 2 is 1.72 bits per heavy atom. The first-order valence-corrected chi connectivity index (χ1v) is 11.3. The number of carbonyl (C=O) groups excluding carboxylic acids is 1. The van der Waals surface area contributed by atoms with Crippen LogP contribution in [0.4, 0.5) is 5.69 Å². The molecule has 0 heterocycles. The maximum atomic E-state index is 12.9. The molecule has 166 valence electrons. The number of hydrogen-bond acceptors (Lipinski definition) is 3. The van der Waals surface area contributed by atoms with E-state index in [9.17, 15) is 9.90 Å². The average molecular weight is 430 g/mol. The number of phenolic OH excluding ortho intramolecular Hbond substituents is 1. The lowest BCUT2D eigenvalue weighted by Crippen LogP contribution is -2.28. The molecule has 4 rings (SSSR count). The Morgan fingerprint density at radius 3 is 2.41 bits per heavy atom. The molecule has 1 amide bonds. The van der Waals surface area contributed by atoms with Gasteiger partial charge in [0.05, 0.1) is 0 Å². The second-order valence-corrected chi connectivity index (χ2v) is 9.11. The first-order chi connectivity index (χ1) is 15.3. The quantitative estimate of drug-likeness (QED) is 0.476. The van der Waals surface area contributed by atoms with E-state index in [0.29, 0.717) is 5.75 Å². The van der Waals surface area contributed by atoms with Crippen molar-refractivity contribution in [2.24, 2.45) is 5.92 Å². The summed E-state index contributed by atoms with van der Waals surface area (Å²) in [6.07, 6.45) is 2.62. The molecule has 4 heteroatoms. The normalized spacial score (nSPS) is 15.3. The van der Waals surface area contributed by atoms with Gasteiger partial charge in [-0.3, -0.25) is 4.79 Å². The monoisotopic (exact) mass is 429 g/mol. The number of rotatable bonds is 5. The fraction of sp³-hybridized carbons (Fsp3) is 0.321. The highest BCUT2D eigenvalue weighted by Gasteiger charge is 2.24. The number of aromatic hydroxyl groups is 1. The molecule has 0 aromatic heterocycles. The van der Waals surface area contributed by atoms with Gasteiger partial charge < -0.3 is 15.2 Å². The largest absolute Gasteiger partial charge is 0.508 e. The molecule has 0 radical (unpaired) electrons. The van der Waals surface area contributed by atoms with Crippen LogP contribution in [0.25, 0.3) is 0 Å². The Bertz CT molecular complexity index is 1130. The molecule has 1 unspecified atom stereocenters. The third-order valence-electron chi connectivity index (χ3n) is 6.29. The predicted molar refractivity (Wildman–Crippen MR) is 129 cm³/mol. The molecule has 0 saturated heterocycles. The summed E-state index contributed by atoms with van der Waals surface area (Å²) in [6.45, 7) is 8.05. The molecular formula is C28H31NO3. The molecule has 0 aliphatic heterocycles. The van der Waals surface area contributed by atoms with E-state index in [1.54, 1.807) is 12.1 Å². The zero-order valence-electron chi connectivity index (χ0n) is 19.2. The molecule has 2 N–H and O–H groups in total. The Kier molecular flexibility index (Phi) is 6.22. The van der Waals surface area contributed by atoms with Gasteiger partial charge in [0.1, 0.15) is 17.2 Å². The number of fused-ring (bicyclic) bond motifs is 1. The van der Waals surface area contributed by atoms with Crippen molar-refractivity contribution in [3.8, 4) is 17.2 Å². The van der Waals surface area contributed by atoms with Crippen LogP contribution >= 0.6 is 0 Å². The van der Waals surface area contributed by atoms with E-state index in [1.807, 2.05) is 52.0 Å². The minimum atomic E-state index is -0.00658. The van der Waals surface area contributed by atoms with Crippen LogP contribution in [0.5, 0.6) is 17.2 Å². The highest BCUT2D eigenvalue weighted by Crippen LogP contribution is 2.35. The highest BCUT2D eigenvalue weighted by molar-refractivity contribution is 5.93. The Morgan fingerprint density at radius 1 is 1.03 bits per heavy atom. The van der Waals surface area contributed by atoms with E-state index in [1.165, 1.54) is 11.1 Å². The maximum Gasteiger partial charge on any atom is 0.227 e. The van der Waals surface area contributed by atoms with Crippen LogP contribution < -0.4 is 10.1 Å². The highest BCUT2D eigenvalue weighted by atomic mass is 16.5. The van der Waals surface area contributed by atoms with Crippen molar-refractivity contribution in [3.05, 3.63) is 82.4 Å². The zero-order valence-corrected chi connectivity index (χ0v) is 19.2. The van der Waals surface area contributed by atoms with Crippen LogP contribution in [0.3, 0.4) is 0 Å². The second-order valence-electron chi connectivity index (χ2n) is 9.11. The third kappa shape index (κ3) is 4.64. The van der Waals surface area contributed by atoms with Crippen LogP contribution in [0, 0.1) is 19.8 Å². The van der Waals surface area contributed by atoms with Crippen molar-refractivity contribution in [2.75, 3.05) is 5.32 Å². The zero-order chi connectivity index (χ0) is 22.8. The standard InChI is InChI=1S/C28H31NO3/c1-17(2)25-16-24(11-12-26(25)30)32-27-18(3)13-23(14-19(27)4)29-28(31)22-10-9-20-7-5-6-8-21(20)15-22/h5-8,11-14,16-17,22,30H,9-10,15H2,1-4H3,(H,29,31). The number of ether oxygens (including phenoxy) is 1. The van der Waals surface area contributed by atoms with Gasteiger partial charge in [0.2, 0.25) is 5.91 Å². The summed E-state index contributed by atoms with van der Waals surface area (Å²) in [5, 5.41) is 13.2. The van der Waals surface area contributed by atoms with Gasteiger partial charge in [0, 0.05) is 17.2 Å². The third-order valence-corrected chi connectivity index (χ3v) is 6.29. The van der Waals surface area contributed by atoms with Crippen molar-refractivity contribution < 1.29 is 14.6 Å². The summed E-state index contributed by atoms with van der Waals surface area (Å²) >= 11 is 0. The number of hydrogen-bond donors (Lipinski definition) is 2. The van der Waals surface area contributed by atoms with Gasteiger partial charge in [0.15, 0.2) is 0 Å². The minimum Gasteiger partial charge on any atom is -0.508 e. The average Bonchev–Trinajstić information content (AvgIpc) is 2.76. The van der Waals surface area contributed by atoms with E-state index in [0.717, 1.165) is 47.4 Å². The van der Waals surface area contributed by atoms with Gasteiger partial charge in [-0.1, -0.05) is 38.1 Å². The van der Waals surface area contributed by atoms with Gasteiger partial charge in [-0.25, -0.2) is 0 Å². The molecule has 0 saturated carbocycles. The summed E-state index contributed by atoms with van der Waals surface area (Å²) in [5.74, 6) is 2.01. The first kappa shape index (κ1) is 21.9. The van der Waals surface area contributed by atoms with Crippen LogP contribution in [-0.2, 0) is 17.6 Å². The molecule has 32 heavy (non-hydrogen) atoms. The van der Waals surface area contributed by atoms with E-state index < -0.39 is 0 Å². The predicted octanol–water partition coefficient (Wildman–Crippen LogP) is 6.67. The van der Waals surface area contributed by atoms with Gasteiger partial charge in [0.25, 0.3) is 0 Å². The van der Waals surface area contributed by atoms with Crippen molar-refractivity contribution in [2.45, 2.75) is 52.9 Å². The lowest BCUT2D eigenvalue weighted by molar-refractivity contribution is -0.120. The summed E-state index contributed by atoms with van der Waals surface area (Å²) in [5.41, 5.74) is 6.20. The molecule has 0 bridgehead atoms. The molecule has 1 atom stereocenters. The summed E-state index contributed by atoms with van der Waals surface area (Å²) in [7, 11) is 0. The van der Waals surface area contributed by atoms with E-state index in [4.69, 9.17) is 4.74 Å². The van der Waals surface area contributed by atoms with Crippen LogP contribution in [0.1, 0.15) is 54.0 Å². The van der Waals surface area contributed by atoms with Crippen molar-refractivity contribution in [3.63, 3.8) is 0 Å². The Labute approximate surface area is 190 Å². The van der Waals surface area contributed by atoms with Gasteiger partial charge in [-0.15, -0.1) is 0 Å². The van der Waals surface area contributed by atoms with Crippen LogP contribution in [0.2, 0.25) is 0 Å². The minimum absolute atomic E-state index is 0.00658. The molecule has 1 aliphatic rings. The molecule has 1 aliphatic carbocycles. The molecular weight excluding hydrogens is 398 g/mol. The number of aryl methyl sites for hydroxylation is 3. The number of amides is 1. The number of phenols is 1. The topological polar surface area (TPSA) is 58.6 Å². The van der Waals surface area contributed by atoms with E-state index in [2.05, 4.69) is 23.5 Å². The summed E-state index contributed by atoms with van der Waals surface area (Å²) in [4.78, 5) is 12.9. The van der Waals surface area contributed by atoms with Crippen LogP contribution in [0.15, 0.2) is 54.6 Å². The fourth-order valence-corrected chi connectivity index (χ4v) is 4.53. The molecule has 0 fully saturated rings. The van der Waals surface area contributed by atoms with Gasteiger partial charge >= 0.3 is 0 Å². The lowest BCUT2D eigenvalue weighted by Gasteiger charge is -2.24. The Balaban J connectivity index is 1.48. The molecule has 4 nitrogen and oxygen atoms in total. The van der Waals surface area contributed by atoms with Crippen molar-refractivity contribution in [1.29, 1.82) is 0 Å². The van der Waals surface area contributed by atoms with E-state index in [-0.39, 0.29) is 23.5 Å². The fourth-order valence-electron chi connectivity index (χ4n) is 4.53. The maximum absolute atomic E-state index is 12.9. The Hall–Kier alpha value is -3.27. The summed E-state index contributed by atoms with van der Waals surface area (Å²) < 4.78 is 6.18. The molecule has 3 aromatic carbocycles. The molecule has 3 aromatic rings.